The summed E-state index contributed by atoms with van der Waals surface area (Å²) >= 11 is 0. The SMILES string of the molecule is Cc1ccc(NCC(=O)Nc2cccc(C(=O)NC3CC3)c2)c(F)c1. The highest BCUT2D eigenvalue weighted by Crippen LogP contribution is 2.20. The molecule has 0 unspecified atom stereocenters. The normalized spacial score (nSPS) is 13.2. The summed E-state index contributed by atoms with van der Waals surface area (Å²) in [7, 11) is 0. The van der Waals surface area contributed by atoms with Crippen LogP contribution in [-0.4, -0.2) is 24.4 Å². The van der Waals surface area contributed by atoms with Crippen LogP contribution in [0, 0.1) is 12.7 Å². The van der Waals surface area contributed by atoms with Gasteiger partial charge in [-0.2, -0.15) is 0 Å². The zero-order valence-electron chi connectivity index (χ0n) is 13.9. The summed E-state index contributed by atoms with van der Waals surface area (Å²) in [6.45, 7) is 1.73. The molecule has 0 saturated heterocycles. The average Bonchev–Trinajstić information content (AvgIpc) is 3.38. The van der Waals surface area contributed by atoms with E-state index in [0.29, 0.717) is 11.3 Å². The van der Waals surface area contributed by atoms with Gasteiger partial charge in [-0.05, 0) is 55.7 Å². The van der Waals surface area contributed by atoms with Gasteiger partial charge >= 0.3 is 0 Å². The van der Waals surface area contributed by atoms with Crippen molar-refractivity contribution in [3.05, 3.63) is 59.4 Å². The minimum atomic E-state index is -0.397. The number of hydrogen-bond acceptors (Lipinski definition) is 3. The van der Waals surface area contributed by atoms with Crippen LogP contribution in [0.15, 0.2) is 42.5 Å². The number of hydrogen-bond donors (Lipinski definition) is 3. The minimum Gasteiger partial charge on any atom is -0.374 e. The number of benzene rings is 2. The first kappa shape index (κ1) is 17.0. The fourth-order valence-electron chi connectivity index (χ4n) is 2.38. The molecule has 130 valence electrons. The van der Waals surface area contributed by atoms with Crippen molar-refractivity contribution in [2.75, 3.05) is 17.2 Å². The van der Waals surface area contributed by atoms with Crippen molar-refractivity contribution in [1.82, 2.24) is 5.32 Å². The first-order valence-corrected chi connectivity index (χ1v) is 8.22. The predicted octanol–water partition coefficient (Wildman–Crippen LogP) is 3.08. The Bertz CT molecular complexity index is 803. The molecule has 1 aliphatic rings. The van der Waals surface area contributed by atoms with Gasteiger partial charge in [0.25, 0.3) is 5.91 Å². The fourth-order valence-corrected chi connectivity index (χ4v) is 2.38. The van der Waals surface area contributed by atoms with E-state index in [4.69, 9.17) is 0 Å². The van der Waals surface area contributed by atoms with Crippen LogP contribution in [0.5, 0.6) is 0 Å². The zero-order valence-corrected chi connectivity index (χ0v) is 13.9. The van der Waals surface area contributed by atoms with Crippen LogP contribution < -0.4 is 16.0 Å². The van der Waals surface area contributed by atoms with Crippen molar-refractivity contribution in [1.29, 1.82) is 0 Å². The first-order chi connectivity index (χ1) is 12.0. The monoisotopic (exact) mass is 341 g/mol. The van der Waals surface area contributed by atoms with Crippen molar-refractivity contribution in [3.63, 3.8) is 0 Å². The number of nitrogens with one attached hydrogen (secondary N) is 3. The summed E-state index contributed by atoms with van der Waals surface area (Å²) in [6.07, 6.45) is 2.03. The molecule has 0 atom stereocenters. The lowest BCUT2D eigenvalue weighted by molar-refractivity contribution is -0.114. The Hall–Kier alpha value is -2.89. The average molecular weight is 341 g/mol. The third kappa shape index (κ3) is 4.79. The molecule has 0 spiro atoms. The van der Waals surface area contributed by atoms with Gasteiger partial charge in [0.2, 0.25) is 5.91 Å². The summed E-state index contributed by atoms with van der Waals surface area (Å²) in [5, 5.41) is 8.37. The van der Waals surface area contributed by atoms with E-state index in [9.17, 15) is 14.0 Å². The topological polar surface area (TPSA) is 70.2 Å². The molecule has 2 aromatic carbocycles. The molecule has 25 heavy (non-hydrogen) atoms. The molecule has 0 aromatic heterocycles. The van der Waals surface area contributed by atoms with E-state index in [1.165, 1.54) is 6.07 Å². The molecule has 0 heterocycles. The van der Waals surface area contributed by atoms with Crippen molar-refractivity contribution in [3.8, 4) is 0 Å². The van der Waals surface area contributed by atoms with E-state index in [1.54, 1.807) is 43.3 Å². The highest BCUT2D eigenvalue weighted by molar-refractivity contribution is 5.98. The van der Waals surface area contributed by atoms with Crippen molar-refractivity contribution in [2.45, 2.75) is 25.8 Å². The van der Waals surface area contributed by atoms with E-state index in [-0.39, 0.29) is 30.1 Å². The lowest BCUT2D eigenvalue weighted by atomic mass is 10.2. The third-order valence-electron chi connectivity index (χ3n) is 3.89. The van der Waals surface area contributed by atoms with Gasteiger partial charge in [0.15, 0.2) is 0 Å². The highest BCUT2D eigenvalue weighted by Gasteiger charge is 2.23. The Morgan fingerprint density at radius 3 is 2.68 bits per heavy atom. The molecule has 1 fully saturated rings. The molecular formula is C19H20FN3O2. The number of halogens is 1. The van der Waals surface area contributed by atoms with Crippen molar-refractivity contribution >= 4 is 23.2 Å². The van der Waals surface area contributed by atoms with Gasteiger partial charge in [0, 0.05) is 17.3 Å². The molecule has 0 radical (unpaired) electrons. The quantitative estimate of drug-likeness (QED) is 0.756. The smallest absolute Gasteiger partial charge is 0.251 e. The second-order valence-corrected chi connectivity index (χ2v) is 6.21. The van der Waals surface area contributed by atoms with Crippen LogP contribution in [-0.2, 0) is 4.79 Å². The second kappa shape index (κ2) is 7.34. The number of anilines is 2. The van der Waals surface area contributed by atoms with Crippen molar-refractivity contribution < 1.29 is 14.0 Å². The Morgan fingerprint density at radius 1 is 1.16 bits per heavy atom. The van der Waals surface area contributed by atoms with E-state index in [2.05, 4.69) is 16.0 Å². The summed E-state index contributed by atoms with van der Waals surface area (Å²) in [6, 6.07) is 11.8. The Morgan fingerprint density at radius 2 is 1.96 bits per heavy atom. The van der Waals surface area contributed by atoms with Gasteiger partial charge in [-0.3, -0.25) is 9.59 Å². The van der Waals surface area contributed by atoms with E-state index < -0.39 is 5.82 Å². The standard InChI is InChI=1S/C19H20FN3O2/c1-12-5-8-17(16(20)9-12)21-11-18(24)22-15-4-2-3-13(10-15)19(25)23-14-6-7-14/h2-5,8-10,14,21H,6-7,11H2,1H3,(H,22,24)(H,23,25). The maximum absolute atomic E-state index is 13.7. The molecule has 0 aliphatic heterocycles. The van der Waals surface area contributed by atoms with Gasteiger partial charge in [0.1, 0.15) is 5.82 Å². The molecule has 2 amide bonds. The second-order valence-electron chi connectivity index (χ2n) is 6.21. The molecule has 3 N–H and O–H groups in total. The van der Waals surface area contributed by atoms with Gasteiger partial charge in [-0.1, -0.05) is 12.1 Å². The van der Waals surface area contributed by atoms with E-state index >= 15 is 0 Å². The van der Waals surface area contributed by atoms with E-state index in [0.717, 1.165) is 18.4 Å². The van der Waals surface area contributed by atoms with Gasteiger partial charge in [0.05, 0.1) is 12.2 Å². The van der Waals surface area contributed by atoms with Crippen LogP contribution in [0.3, 0.4) is 0 Å². The highest BCUT2D eigenvalue weighted by atomic mass is 19.1. The van der Waals surface area contributed by atoms with Crippen LogP contribution in [0.25, 0.3) is 0 Å². The molecule has 1 saturated carbocycles. The Balaban J connectivity index is 1.56. The summed E-state index contributed by atoms with van der Waals surface area (Å²) in [4.78, 5) is 24.1. The Kier molecular flexibility index (Phi) is 4.97. The third-order valence-corrected chi connectivity index (χ3v) is 3.89. The molecule has 6 heteroatoms. The number of carbonyl (C=O) groups is 2. The number of aryl methyl sites for hydroxylation is 1. The zero-order chi connectivity index (χ0) is 17.8. The maximum atomic E-state index is 13.7. The van der Waals surface area contributed by atoms with Crippen LogP contribution in [0.4, 0.5) is 15.8 Å². The number of rotatable bonds is 6. The molecule has 3 rings (SSSR count). The van der Waals surface area contributed by atoms with Crippen LogP contribution >= 0.6 is 0 Å². The lowest BCUT2D eigenvalue weighted by Gasteiger charge is -2.10. The maximum Gasteiger partial charge on any atom is 0.251 e. The van der Waals surface area contributed by atoms with E-state index in [1.807, 2.05) is 0 Å². The number of carbonyl (C=O) groups excluding carboxylic acids is 2. The summed E-state index contributed by atoms with van der Waals surface area (Å²) in [5.74, 6) is -0.857. The largest absolute Gasteiger partial charge is 0.374 e. The lowest BCUT2D eigenvalue weighted by Crippen LogP contribution is -2.26. The molecule has 0 bridgehead atoms. The first-order valence-electron chi connectivity index (χ1n) is 8.22. The van der Waals surface area contributed by atoms with Crippen LogP contribution in [0.1, 0.15) is 28.8 Å². The molecule has 2 aromatic rings. The Labute approximate surface area is 145 Å². The molecule has 1 aliphatic carbocycles. The molecular weight excluding hydrogens is 321 g/mol. The summed E-state index contributed by atoms with van der Waals surface area (Å²) < 4.78 is 13.7. The van der Waals surface area contributed by atoms with Crippen molar-refractivity contribution in [2.24, 2.45) is 0 Å². The molecule has 5 nitrogen and oxygen atoms in total. The number of amides is 2. The van der Waals surface area contributed by atoms with Gasteiger partial charge in [-0.25, -0.2) is 4.39 Å². The minimum absolute atomic E-state index is 0.0710. The van der Waals surface area contributed by atoms with Gasteiger partial charge < -0.3 is 16.0 Å². The summed E-state index contributed by atoms with van der Waals surface area (Å²) in [5.41, 5.74) is 2.12. The van der Waals surface area contributed by atoms with Gasteiger partial charge in [-0.15, -0.1) is 0 Å². The fraction of sp³-hybridized carbons (Fsp3) is 0.263. The predicted molar refractivity (Wildman–Crippen MR) is 95.2 cm³/mol. The van der Waals surface area contributed by atoms with Crippen LogP contribution in [0.2, 0.25) is 0 Å².